The van der Waals surface area contributed by atoms with Crippen molar-refractivity contribution in [2.75, 3.05) is 0 Å². The van der Waals surface area contributed by atoms with Crippen LogP contribution in [0.3, 0.4) is 0 Å². The van der Waals surface area contributed by atoms with Gasteiger partial charge in [0, 0.05) is 10.9 Å². The van der Waals surface area contributed by atoms with Gasteiger partial charge >= 0.3 is 0 Å². The summed E-state index contributed by atoms with van der Waals surface area (Å²) < 4.78 is 26.4. The highest BCUT2D eigenvalue weighted by Gasteiger charge is 2.25. The largest absolute Gasteiger partial charge is 0.266 e. The molecule has 0 saturated heterocycles. The van der Waals surface area contributed by atoms with Gasteiger partial charge in [0.2, 0.25) is 0 Å². The molecule has 1 saturated carbocycles. The van der Waals surface area contributed by atoms with Gasteiger partial charge in [-0.3, -0.25) is 5.10 Å². The van der Waals surface area contributed by atoms with E-state index in [0.29, 0.717) is 4.83 Å². The zero-order chi connectivity index (χ0) is 11.6. The molecule has 1 aliphatic rings. The highest BCUT2D eigenvalue weighted by molar-refractivity contribution is 9.09. The lowest BCUT2D eigenvalue weighted by molar-refractivity contribution is 0.422. The van der Waals surface area contributed by atoms with E-state index in [9.17, 15) is 8.42 Å². The summed E-state index contributed by atoms with van der Waals surface area (Å²) in [6.45, 7) is 0. The minimum atomic E-state index is -3.42. The van der Waals surface area contributed by atoms with Gasteiger partial charge in [0.15, 0.2) is 5.03 Å². The van der Waals surface area contributed by atoms with Crippen molar-refractivity contribution >= 4 is 26.0 Å². The molecule has 0 bridgehead atoms. The predicted molar refractivity (Wildman–Crippen MR) is 63.9 cm³/mol. The zero-order valence-corrected chi connectivity index (χ0v) is 11.1. The summed E-state index contributed by atoms with van der Waals surface area (Å²) >= 11 is 3.54. The Kier molecular flexibility index (Phi) is 3.66. The van der Waals surface area contributed by atoms with E-state index in [1.807, 2.05) is 0 Å². The average molecular weight is 308 g/mol. The minimum absolute atomic E-state index is 0.0436. The van der Waals surface area contributed by atoms with E-state index < -0.39 is 10.0 Å². The van der Waals surface area contributed by atoms with Gasteiger partial charge in [-0.1, -0.05) is 15.9 Å². The number of sulfonamides is 1. The molecule has 0 unspecified atom stereocenters. The van der Waals surface area contributed by atoms with Gasteiger partial charge in [0.1, 0.15) is 0 Å². The molecule has 2 N–H and O–H groups in total. The van der Waals surface area contributed by atoms with E-state index >= 15 is 0 Å². The number of nitrogens with one attached hydrogen (secondary N) is 2. The molecule has 2 rings (SSSR count). The second-order valence-corrected chi connectivity index (χ2v) is 6.97. The summed E-state index contributed by atoms with van der Waals surface area (Å²) in [6.07, 6.45) is 5.21. The third-order valence-corrected chi connectivity index (χ3v) is 5.11. The summed E-state index contributed by atoms with van der Waals surface area (Å²) in [5.74, 6) is 0. The molecule has 1 aromatic heterocycles. The van der Waals surface area contributed by atoms with Crippen LogP contribution in [-0.2, 0) is 10.0 Å². The van der Waals surface area contributed by atoms with Crippen molar-refractivity contribution in [3.8, 4) is 0 Å². The number of alkyl halides is 1. The van der Waals surface area contributed by atoms with Gasteiger partial charge in [-0.25, -0.2) is 13.1 Å². The Balaban J connectivity index is 2.00. The average Bonchev–Trinajstić information content (AvgIpc) is 2.75. The smallest absolute Gasteiger partial charge is 0.257 e. The van der Waals surface area contributed by atoms with Crippen LogP contribution in [0, 0.1) is 0 Å². The van der Waals surface area contributed by atoms with Crippen LogP contribution in [0.15, 0.2) is 17.3 Å². The molecule has 0 aromatic carbocycles. The van der Waals surface area contributed by atoms with E-state index in [1.54, 1.807) is 0 Å². The quantitative estimate of drug-likeness (QED) is 0.829. The third kappa shape index (κ3) is 2.83. The molecule has 1 aromatic rings. The fraction of sp³-hybridized carbons (Fsp3) is 0.667. The second-order valence-electron chi connectivity index (χ2n) is 3.99. The topological polar surface area (TPSA) is 74.8 Å². The first-order valence-electron chi connectivity index (χ1n) is 5.24. The summed E-state index contributed by atoms with van der Waals surface area (Å²) in [5, 5.41) is 6.24. The number of aromatic nitrogens is 2. The van der Waals surface area contributed by atoms with Crippen LogP contribution in [0.1, 0.15) is 25.7 Å². The summed E-state index contributed by atoms with van der Waals surface area (Å²) in [6, 6.07) is 1.50. The maximum absolute atomic E-state index is 11.8. The van der Waals surface area contributed by atoms with Crippen LogP contribution >= 0.6 is 15.9 Å². The van der Waals surface area contributed by atoms with Crippen molar-refractivity contribution in [2.45, 2.75) is 41.6 Å². The normalized spacial score (nSPS) is 26.8. The molecule has 90 valence electrons. The molecule has 16 heavy (non-hydrogen) atoms. The number of H-pyrrole nitrogens is 1. The molecular weight excluding hydrogens is 294 g/mol. The molecule has 1 aliphatic carbocycles. The Bertz CT molecular complexity index is 424. The Morgan fingerprint density at radius 2 is 2.06 bits per heavy atom. The molecule has 5 nitrogen and oxygen atoms in total. The van der Waals surface area contributed by atoms with E-state index in [4.69, 9.17) is 0 Å². The van der Waals surface area contributed by atoms with Crippen molar-refractivity contribution in [3.05, 3.63) is 12.3 Å². The van der Waals surface area contributed by atoms with Crippen LogP contribution in [-0.4, -0.2) is 29.5 Å². The van der Waals surface area contributed by atoms with E-state index in [1.165, 1.54) is 12.3 Å². The van der Waals surface area contributed by atoms with Crippen molar-refractivity contribution < 1.29 is 8.42 Å². The van der Waals surface area contributed by atoms with E-state index in [0.717, 1.165) is 25.7 Å². The lowest BCUT2D eigenvalue weighted by Gasteiger charge is -2.25. The summed E-state index contributed by atoms with van der Waals surface area (Å²) in [4.78, 5) is 0.528. The van der Waals surface area contributed by atoms with Crippen molar-refractivity contribution in [1.82, 2.24) is 14.9 Å². The van der Waals surface area contributed by atoms with E-state index in [2.05, 4.69) is 30.8 Å². The van der Waals surface area contributed by atoms with Crippen molar-refractivity contribution in [3.63, 3.8) is 0 Å². The highest BCUT2D eigenvalue weighted by atomic mass is 79.9. The first-order valence-corrected chi connectivity index (χ1v) is 7.63. The summed E-state index contributed by atoms with van der Waals surface area (Å²) in [5.41, 5.74) is 0. The van der Waals surface area contributed by atoms with Crippen LogP contribution in [0.5, 0.6) is 0 Å². The SMILES string of the molecule is O=S(=O)(NC1CCC(Br)CC1)c1ccn[nH]1. The van der Waals surface area contributed by atoms with Crippen LogP contribution in [0.25, 0.3) is 0 Å². The number of aromatic amines is 1. The van der Waals surface area contributed by atoms with Crippen LogP contribution in [0.4, 0.5) is 0 Å². The number of halogens is 1. The minimum Gasteiger partial charge on any atom is -0.266 e. The molecule has 1 fully saturated rings. The number of rotatable bonds is 3. The zero-order valence-electron chi connectivity index (χ0n) is 8.69. The standard InChI is InChI=1S/C9H14BrN3O2S/c10-7-1-3-8(4-2-7)13-16(14,15)9-5-6-11-12-9/h5-8,13H,1-4H2,(H,11,12). The Morgan fingerprint density at radius 3 is 2.62 bits per heavy atom. The predicted octanol–water partition coefficient (Wildman–Crippen LogP) is 1.39. The molecule has 1 heterocycles. The van der Waals surface area contributed by atoms with Gasteiger partial charge in [-0.15, -0.1) is 0 Å². The Morgan fingerprint density at radius 1 is 1.38 bits per heavy atom. The molecule has 7 heteroatoms. The van der Waals surface area contributed by atoms with Gasteiger partial charge in [-0.2, -0.15) is 5.10 Å². The highest BCUT2D eigenvalue weighted by Crippen LogP contribution is 2.25. The van der Waals surface area contributed by atoms with Gasteiger partial charge in [0.25, 0.3) is 10.0 Å². The van der Waals surface area contributed by atoms with Gasteiger partial charge < -0.3 is 0 Å². The van der Waals surface area contributed by atoms with Gasteiger partial charge in [0.05, 0.1) is 6.20 Å². The van der Waals surface area contributed by atoms with Crippen LogP contribution in [0.2, 0.25) is 0 Å². The van der Waals surface area contributed by atoms with Crippen LogP contribution < -0.4 is 4.72 Å². The number of nitrogens with zero attached hydrogens (tertiary/aromatic N) is 1. The Hall–Kier alpha value is -0.400. The molecular formula is C9H14BrN3O2S. The molecule has 0 radical (unpaired) electrons. The second kappa shape index (κ2) is 4.85. The third-order valence-electron chi connectivity index (χ3n) is 2.74. The number of hydrogen-bond donors (Lipinski definition) is 2. The Labute approximate surface area is 103 Å². The first kappa shape index (κ1) is 12.1. The molecule has 0 atom stereocenters. The summed E-state index contributed by atoms with van der Waals surface area (Å²) in [7, 11) is -3.42. The van der Waals surface area contributed by atoms with Gasteiger partial charge in [-0.05, 0) is 31.7 Å². The maximum Gasteiger partial charge on any atom is 0.257 e. The maximum atomic E-state index is 11.8. The fourth-order valence-electron chi connectivity index (χ4n) is 1.85. The molecule has 0 amide bonds. The van der Waals surface area contributed by atoms with Crippen molar-refractivity contribution in [2.24, 2.45) is 0 Å². The molecule has 0 aliphatic heterocycles. The van der Waals surface area contributed by atoms with Crippen molar-refractivity contribution in [1.29, 1.82) is 0 Å². The lowest BCUT2D eigenvalue weighted by atomic mass is 9.96. The lowest BCUT2D eigenvalue weighted by Crippen LogP contribution is -2.37. The van der Waals surface area contributed by atoms with E-state index in [-0.39, 0.29) is 11.1 Å². The number of hydrogen-bond acceptors (Lipinski definition) is 3. The first-order chi connectivity index (χ1) is 7.58. The monoisotopic (exact) mass is 307 g/mol. The molecule has 0 spiro atoms. The fourth-order valence-corrected chi connectivity index (χ4v) is 3.59.